The molecule has 0 saturated heterocycles. The van der Waals surface area contributed by atoms with E-state index in [0.717, 1.165) is 19.3 Å². The van der Waals surface area contributed by atoms with Crippen molar-refractivity contribution >= 4 is 57.1 Å². The molecule has 1 unspecified atom stereocenters. The highest BCUT2D eigenvalue weighted by Crippen LogP contribution is 2.39. The topological polar surface area (TPSA) is 86.7 Å². The van der Waals surface area contributed by atoms with Crippen LogP contribution in [0.1, 0.15) is 43.8 Å². The summed E-state index contributed by atoms with van der Waals surface area (Å²) in [6.45, 7) is 0. The Morgan fingerprint density at radius 3 is 2.20 bits per heavy atom. The van der Waals surface area contributed by atoms with E-state index in [1.165, 1.54) is 12.1 Å². The maximum Gasteiger partial charge on any atom is 0.327 e. The van der Waals surface area contributed by atoms with Crippen LogP contribution in [0.15, 0.2) is 12.1 Å². The predicted octanol–water partition coefficient (Wildman–Crippen LogP) is 3.15. The number of hydrogen-bond acceptors (Lipinski definition) is 5. The van der Waals surface area contributed by atoms with Gasteiger partial charge in [0.15, 0.2) is 6.10 Å². The smallest absolute Gasteiger partial charge is 0.327 e. The highest BCUT2D eigenvalue weighted by atomic mass is 127. The SMILES string of the molecule is O=C(OC(c1cc(I)c(O)c(I)c1)C(F)(F)C(=O)[O-])C1CCCCC1. The standard InChI is InChI=1S/C16H16F2I2O5/c17-16(18,15(23)24)13(9-6-10(19)12(21)11(20)7-9)25-14(22)8-4-2-1-3-5-8/h6-8,13,21H,1-5H2,(H,23,24)/p-1. The summed E-state index contributed by atoms with van der Waals surface area (Å²) in [5.41, 5.74) is -0.204. The lowest BCUT2D eigenvalue weighted by Gasteiger charge is -2.30. The summed E-state index contributed by atoms with van der Waals surface area (Å²) in [5.74, 6) is -8.47. The number of phenols is 1. The minimum atomic E-state index is -4.40. The highest BCUT2D eigenvalue weighted by molar-refractivity contribution is 14.1. The van der Waals surface area contributed by atoms with Gasteiger partial charge in [0.25, 0.3) is 0 Å². The molecule has 25 heavy (non-hydrogen) atoms. The molecule has 9 heteroatoms. The van der Waals surface area contributed by atoms with Crippen molar-refractivity contribution in [3.05, 3.63) is 24.8 Å². The Morgan fingerprint density at radius 1 is 1.20 bits per heavy atom. The van der Waals surface area contributed by atoms with Crippen LogP contribution in [0, 0.1) is 13.1 Å². The summed E-state index contributed by atoms with van der Waals surface area (Å²) >= 11 is 3.46. The van der Waals surface area contributed by atoms with Crippen molar-refractivity contribution in [3.8, 4) is 5.75 Å². The lowest BCUT2D eigenvalue weighted by molar-refractivity contribution is -0.337. The zero-order valence-corrected chi connectivity index (χ0v) is 17.3. The van der Waals surface area contributed by atoms with Gasteiger partial charge < -0.3 is 19.7 Å². The molecule has 1 aliphatic carbocycles. The predicted molar refractivity (Wildman–Crippen MR) is 98.9 cm³/mol. The number of alkyl halides is 2. The number of carbonyl (C=O) groups excluding carboxylic acids is 2. The highest BCUT2D eigenvalue weighted by Gasteiger charge is 2.46. The number of aromatic hydroxyl groups is 1. The summed E-state index contributed by atoms with van der Waals surface area (Å²) in [6.07, 6.45) is 1.33. The van der Waals surface area contributed by atoms with Crippen molar-refractivity contribution in [3.63, 3.8) is 0 Å². The molecule has 1 aromatic carbocycles. The van der Waals surface area contributed by atoms with Crippen LogP contribution in [-0.2, 0) is 14.3 Å². The largest absolute Gasteiger partial charge is 0.544 e. The number of rotatable bonds is 5. The Kier molecular flexibility index (Phi) is 6.85. The van der Waals surface area contributed by atoms with Gasteiger partial charge in [-0.1, -0.05) is 19.3 Å². The Morgan fingerprint density at radius 2 is 1.72 bits per heavy atom. The lowest BCUT2D eigenvalue weighted by atomic mass is 9.89. The molecule has 1 atom stereocenters. The van der Waals surface area contributed by atoms with E-state index in [1.807, 2.05) is 0 Å². The first-order valence-corrected chi connectivity index (χ1v) is 9.78. The number of phenolic OH excluding ortho intramolecular Hbond substituents is 1. The van der Waals surface area contributed by atoms with Crippen LogP contribution < -0.4 is 5.11 Å². The minimum Gasteiger partial charge on any atom is -0.544 e. The van der Waals surface area contributed by atoms with Crippen molar-refractivity contribution in [1.29, 1.82) is 0 Å². The Labute approximate surface area is 170 Å². The molecule has 1 fully saturated rings. The molecule has 2 rings (SSSR count). The fourth-order valence-corrected chi connectivity index (χ4v) is 4.56. The van der Waals surface area contributed by atoms with Crippen LogP contribution in [0.4, 0.5) is 8.78 Å². The molecule has 0 aliphatic heterocycles. The number of esters is 1. The zero-order valence-electron chi connectivity index (χ0n) is 12.9. The summed E-state index contributed by atoms with van der Waals surface area (Å²) in [6, 6.07) is 2.35. The van der Waals surface area contributed by atoms with Gasteiger partial charge in [-0.05, 0) is 70.2 Å². The Balaban J connectivity index is 2.37. The van der Waals surface area contributed by atoms with Crippen molar-refractivity contribution < 1.29 is 33.3 Å². The second-order valence-corrected chi connectivity index (χ2v) is 8.22. The number of carboxylic acid groups (broad SMARTS) is 1. The van der Waals surface area contributed by atoms with Gasteiger partial charge >= 0.3 is 11.9 Å². The van der Waals surface area contributed by atoms with Crippen LogP contribution in [0.5, 0.6) is 5.75 Å². The first kappa shape index (κ1) is 20.6. The maximum atomic E-state index is 14.2. The molecule has 1 saturated carbocycles. The molecule has 0 bridgehead atoms. The fraction of sp³-hybridized carbons (Fsp3) is 0.500. The van der Waals surface area contributed by atoms with E-state index < -0.39 is 29.9 Å². The molecular weight excluding hydrogens is 564 g/mol. The number of hydrogen-bond donors (Lipinski definition) is 1. The van der Waals surface area contributed by atoms with Gasteiger partial charge in [0.2, 0.25) is 0 Å². The van der Waals surface area contributed by atoms with E-state index >= 15 is 0 Å². The summed E-state index contributed by atoms with van der Waals surface area (Å²) in [4.78, 5) is 23.2. The van der Waals surface area contributed by atoms with E-state index in [0.29, 0.717) is 12.8 Å². The summed E-state index contributed by atoms with van der Waals surface area (Å²) in [5, 5.41) is 20.7. The van der Waals surface area contributed by atoms with Crippen LogP contribution in [-0.4, -0.2) is 23.0 Å². The normalized spacial score (nSPS) is 17.1. The third-order valence-electron chi connectivity index (χ3n) is 4.12. The van der Waals surface area contributed by atoms with E-state index in [4.69, 9.17) is 4.74 Å². The quantitative estimate of drug-likeness (QED) is 0.429. The molecule has 138 valence electrons. The van der Waals surface area contributed by atoms with Gasteiger partial charge in [-0.3, -0.25) is 4.79 Å². The maximum absolute atomic E-state index is 14.2. The van der Waals surface area contributed by atoms with Crippen molar-refractivity contribution in [2.24, 2.45) is 5.92 Å². The van der Waals surface area contributed by atoms with E-state index in [9.17, 15) is 28.6 Å². The number of ether oxygens (including phenoxy) is 1. The third-order valence-corrected chi connectivity index (χ3v) is 5.76. The fourth-order valence-electron chi connectivity index (χ4n) is 2.75. The van der Waals surface area contributed by atoms with Crippen molar-refractivity contribution in [1.82, 2.24) is 0 Å². The second kappa shape index (κ2) is 8.31. The lowest BCUT2D eigenvalue weighted by Crippen LogP contribution is -2.47. The number of halogens is 4. The molecule has 0 amide bonds. The average molecular weight is 579 g/mol. The van der Waals surface area contributed by atoms with Gasteiger partial charge in [-0.25, -0.2) is 0 Å². The van der Waals surface area contributed by atoms with E-state index in [2.05, 4.69) is 0 Å². The third kappa shape index (κ3) is 4.72. The number of carbonyl (C=O) groups is 2. The minimum absolute atomic E-state index is 0.112. The van der Waals surface area contributed by atoms with Crippen LogP contribution in [0.25, 0.3) is 0 Å². The first-order chi connectivity index (χ1) is 11.6. The Bertz CT molecular complexity index is 651. The molecule has 0 aromatic heterocycles. The molecule has 1 aliphatic rings. The van der Waals surface area contributed by atoms with Gasteiger partial charge in [-0.15, -0.1) is 0 Å². The van der Waals surface area contributed by atoms with Crippen LogP contribution in [0.2, 0.25) is 0 Å². The Hall–Kier alpha value is -0.720. The van der Waals surface area contributed by atoms with Gasteiger partial charge in [-0.2, -0.15) is 8.78 Å². The second-order valence-electron chi connectivity index (χ2n) is 5.90. The summed E-state index contributed by atoms with van der Waals surface area (Å²) in [7, 11) is 0. The molecular formula is C16H15F2I2O5-. The van der Waals surface area contributed by atoms with Crippen LogP contribution >= 0.6 is 45.2 Å². The van der Waals surface area contributed by atoms with Crippen molar-refractivity contribution in [2.45, 2.75) is 44.1 Å². The zero-order chi connectivity index (χ0) is 18.8. The van der Waals surface area contributed by atoms with Gasteiger partial charge in [0.1, 0.15) is 11.7 Å². The number of aliphatic carboxylic acids is 1. The van der Waals surface area contributed by atoms with E-state index in [-0.39, 0.29) is 18.5 Å². The van der Waals surface area contributed by atoms with Crippen molar-refractivity contribution in [2.75, 3.05) is 0 Å². The average Bonchev–Trinajstić information content (AvgIpc) is 2.57. The van der Waals surface area contributed by atoms with E-state index in [1.54, 1.807) is 45.2 Å². The number of carboxylic acids is 1. The number of benzene rings is 1. The van der Waals surface area contributed by atoms with Gasteiger partial charge in [0, 0.05) is 5.56 Å². The molecule has 1 N–H and O–H groups in total. The van der Waals surface area contributed by atoms with Crippen LogP contribution in [0.3, 0.4) is 0 Å². The monoisotopic (exact) mass is 579 g/mol. The molecule has 5 nitrogen and oxygen atoms in total. The molecule has 1 aromatic rings. The summed E-state index contributed by atoms with van der Waals surface area (Å²) < 4.78 is 33.8. The first-order valence-electron chi connectivity index (χ1n) is 7.62. The molecule has 0 spiro atoms. The molecule has 0 radical (unpaired) electrons. The van der Waals surface area contributed by atoms with Gasteiger partial charge in [0.05, 0.1) is 13.1 Å². The molecule has 0 heterocycles.